The molecular weight excluding hydrogens is 404 g/mol. The van der Waals surface area contributed by atoms with Gasteiger partial charge in [0.15, 0.2) is 0 Å². The van der Waals surface area contributed by atoms with Gasteiger partial charge < -0.3 is 15.4 Å². The maximum absolute atomic E-state index is 12.8. The molecular formula is C22H25ClN4O3. The van der Waals surface area contributed by atoms with Crippen LogP contribution in [0, 0.1) is 6.92 Å². The largest absolute Gasteiger partial charge is 0.376 e. The molecule has 2 aromatic carbocycles. The summed E-state index contributed by atoms with van der Waals surface area (Å²) in [7, 11) is 0. The molecule has 158 valence electrons. The van der Waals surface area contributed by atoms with E-state index in [2.05, 4.69) is 20.9 Å². The summed E-state index contributed by atoms with van der Waals surface area (Å²) in [5.74, 6) is -0.280. The molecule has 1 heterocycles. The van der Waals surface area contributed by atoms with Crippen molar-refractivity contribution in [2.45, 2.75) is 32.8 Å². The maximum Gasteiger partial charge on any atom is 0.258 e. The Labute approximate surface area is 180 Å². The molecule has 7 nitrogen and oxygen atoms in total. The van der Waals surface area contributed by atoms with Gasteiger partial charge in [-0.2, -0.15) is 0 Å². The Morgan fingerprint density at radius 2 is 2.03 bits per heavy atom. The summed E-state index contributed by atoms with van der Waals surface area (Å²) in [4.78, 5) is 28.6. The minimum Gasteiger partial charge on any atom is -0.376 e. The highest BCUT2D eigenvalue weighted by Crippen LogP contribution is 2.23. The van der Waals surface area contributed by atoms with E-state index in [1.165, 1.54) is 6.92 Å². The number of anilines is 2. The predicted molar refractivity (Wildman–Crippen MR) is 119 cm³/mol. The average molecular weight is 429 g/mol. The van der Waals surface area contributed by atoms with Crippen LogP contribution in [0.5, 0.6) is 0 Å². The number of benzene rings is 2. The number of aliphatic imine (C=N–C) groups is 1. The first-order chi connectivity index (χ1) is 14.4. The summed E-state index contributed by atoms with van der Waals surface area (Å²) >= 11 is 6.33. The Hall–Kier alpha value is -2.90. The van der Waals surface area contributed by atoms with Crippen LogP contribution in [0.4, 0.5) is 11.4 Å². The molecule has 1 unspecified atom stereocenters. The van der Waals surface area contributed by atoms with Crippen molar-refractivity contribution < 1.29 is 14.3 Å². The van der Waals surface area contributed by atoms with Crippen molar-refractivity contribution in [2.75, 3.05) is 23.8 Å². The molecule has 8 heteroatoms. The molecule has 0 spiro atoms. The first-order valence-corrected chi connectivity index (χ1v) is 10.2. The van der Waals surface area contributed by atoms with Gasteiger partial charge in [-0.3, -0.25) is 14.9 Å². The van der Waals surface area contributed by atoms with Gasteiger partial charge in [0.05, 0.1) is 23.4 Å². The highest BCUT2D eigenvalue weighted by molar-refractivity contribution is 6.34. The molecule has 0 bridgehead atoms. The lowest BCUT2D eigenvalue weighted by Crippen LogP contribution is -2.37. The molecule has 1 fully saturated rings. The van der Waals surface area contributed by atoms with Gasteiger partial charge in [-0.05, 0) is 55.7 Å². The Balaban J connectivity index is 1.77. The van der Waals surface area contributed by atoms with Crippen molar-refractivity contribution in [3.8, 4) is 0 Å². The number of carbonyl (C=O) groups is 2. The fourth-order valence-corrected chi connectivity index (χ4v) is 3.34. The highest BCUT2D eigenvalue weighted by Gasteiger charge is 2.17. The highest BCUT2D eigenvalue weighted by atomic mass is 35.5. The summed E-state index contributed by atoms with van der Waals surface area (Å²) in [6.45, 7) is 4.52. The smallest absolute Gasteiger partial charge is 0.258 e. The Morgan fingerprint density at radius 1 is 1.20 bits per heavy atom. The monoisotopic (exact) mass is 428 g/mol. The molecule has 0 aromatic heterocycles. The molecule has 0 radical (unpaired) electrons. The van der Waals surface area contributed by atoms with Gasteiger partial charge in [-0.15, -0.1) is 0 Å². The second-order valence-electron chi connectivity index (χ2n) is 7.15. The van der Waals surface area contributed by atoms with Crippen LogP contribution in [-0.4, -0.2) is 37.0 Å². The molecule has 0 saturated carbocycles. The maximum atomic E-state index is 12.8. The number of amides is 2. The number of carbonyl (C=O) groups excluding carboxylic acids is 2. The SMILES string of the molecule is CC(=O)Nc1cccc(C(=O)NC(=NCC2CCCO2)Nc2ccc(C)cc2Cl)c1. The number of halogens is 1. The molecule has 1 saturated heterocycles. The van der Waals surface area contributed by atoms with Crippen LogP contribution in [0.15, 0.2) is 47.5 Å². The third-order valence-electron chi connectivity index (χ3n) is 4.53. The van der Waals surface area contributed by atoms with E-state index in [0.717, 1.165) is 25.0 Å². The van der Waals surface area contributed by atoms with E-state index in [0.29, 0.717) is 28.5 Å². The predicted octanol–water partition coefficient (Wildman–Crippen LogP) is 3.98. The molecule has 1 atom stereocenters. The molecule has 1 aliphatic heterocycles. The number of rotatable bonds is 5. The summed E-state index contributed by atoms with van der Waals surface area (Å²) in [6.07, 6.45) is 1.99. The zero-order valence-electron chi connectivity index (χ0n) is 17.0. The number of aryl methyl sites for hydroxylation is 1. The van der Waals surface area contributed by atoms with Crippen LogP contribution < -0.4 is 16.0 Å². The number of hydrogen-bond acceptors (Lipinski definition) is 4. The van der Waals surface area contributed by atoms with Gasteiger partial charge in [0.1, 0.15) is 0 Å². The standard InChI is InChI=1S/C22H25ClN4O3/c1-14-8-9-20(19(23)11-14)26-22(24-13-18-7-4-10-30-18)27-21(29)16-5-3-6-17(12-16)25-15(2)28/h3,5-6,8-9,11-12,18H,4,7,10,13H2,1-2H3,(H,25,28)(H2,24,26,27,29). The molecule has 30 heavy (non-hydrogen) atoms. The van der Waals surface area contributed by atoms with Crippen LogP contribution in [0.2, 0.25) is 5.02 Å². The Bertz CT molecular complexity index is 955. The second-order valence-corrected chi connectivity index (χ2v) is 7.56. The minimum atomic E-state index is -0.357. The molecule has 2 aromatic rings. The second kappa shape index (κ2) is 10.2. The topological polar surface area (TPSA) is 91.8 Å². The van der Waals surface area contributed by atoms with Crippen LogP contribution in [0.1, 0.15) is 35.7 Å². The van der Waals surface area contributed by atoms with Gasteiger partial charge in [-0.25, -0.2) is 4.99 Å². The zero-order valence-corrected chi connectivity index (χ0v) is 17.8. The van der Waals surface area contributed by atoms with E-state index < -0.39 is 0 Å². The van der Waals surface area contributed by atoms with E-state index in [1.54, 1.807) is 24.3 Å². The number of ether oxygens (including phenoxy) is 1. The summed E-state index contributed by atoms with van der Waals surface area (Å²) in [5.41, 5.74) is 2.60. The molecule has 3 rings (SSSR count). The molecule has 2 amide bonds. The van der Waals surface area contributed by atoms with E-state index in [9.17, 15) is 9.59 Å². The van der Waals surface area contributed by atoms with Crippen molar-refractivity contribution >= 4 is 40.7 Å². The van der Waals surface area contributed by atoms with Crippen molar-refractivity contribution in [1.82, 2.24) is 5.32 Å². The number of nitrogens with one attached hydrogen (secondary N) is 3. The van der Waals surface area contributed by atoms with Crippen LogP contribution >= 0.6 is 11.6 Å². The van der Waals surface area contributed by atoms with Crippen LogP contribution in [-0.2, 0) is 9.53 Å². The first kappa shape index (κ1) is 21.8. The third kappa shape index (κ3) is 6.30. The van der Waals surface area contributed by atoms with Crippen molar-refractivity contribution in [1.29, 1.82) is 0 Å². The number of hydrogen-bond donors (Lipinski definition) is 3. The fourth-order valence-electron chi connectivity index (χ4n) is 3.06. The van der Waals surface area contributed by atoms with E-state index in [1.807, 2.05) is 25.1 Å². The quantitative estimate of drug-likeness (QED) is 0.496. The molecule has 1 aliphatic rings. The first-order valence-electron chi connectivity index (χ1n) is 9.79. The third-order valence-corrected chi connectivity index (χ3v) is 4.84. The summed E-state index contributed by atoms with van der Waals surface area (Å²) in [6, 6.07) is 12.3. The van der Waals surface area contributed by atoms with E-state index in [4.69, 9.17) is 16.3 Å². The van der Waals surface area contributed by atoms with Gasteiger partial charge in [0.2, 0.25) is 11.9 Å². The van der Waals surface area contributed by atoms with Crippen molar-refractivity contribution in [3.05, 3.63) is 58.6 Å². The van der Waals surface area contributed by atoms with Gasteiger partial charge in [0.25, 0.3) is 5.91 Å². The lowest BCUT2D eigenvalue weighted by Gasteiger charge is -2.15. The average Bonchev–Trinajstić information content (AvgIpc) is 3.21. The molecule has 0 aliphatic carbocycles. The normalized spacial score (nSPS) is 16.2. The lowest BCUT2D eigenvalue weighted by molar-refractivity contribution is -0.114. The Kier molecular flexibility index (Phi) is 7.43. The number of nitrogens with zero attached hydrogens (tertiary/aromatic N) is 1. The summed E-state index contributed by atoms with van der Waals surface area (Å²) < 4.78 is 5.62. The zero-order chi connectivity index (χ0) is 21.5. The van der Waals surface area contributed by atoms with E-state index in [-0.39, 0.29) is 23.9 Å². The summed E-state index contributed by atoms with van der Waals surface area (Å²) in [5, 5.41) is 9.11. The van der Waals surface area contributed by atoms with Crippen LogP contribution in [0.3, 0.4) is 0 Å². The lowest BCUT2D eigenvalue weighted by atomic mass is 10.2. The minimum absolute atomic E-state index is 0.0373. The van der Waals surface area contributed by atoms with Gasteiger partial charge in [0, 0.05) is 24.8 Å². The molecule has 3 N–H and O–H groups in total. The van der Waals surface area contributed by atoms with Crippen LogP contribution in [0.25, 0.3) is 0 Å². The van der Waals surface area contributed by atoms with Crippen molar-refractivity contribution in [3.63, 3.8) is 0 Å². The Morgan fingerprint density at radius 3 is 2.73 bits per heavy atom. The van der Waals surface area contributed by atoms with E-state index >= 15 is 0 Å². The van der Waals surface area contributed by atoms with Gasteiger partial charge in [-0.1, -0.05) is 23.7 Å². The fraction of sp³-hybridized carbons (Fsp3) is 0.318. The number of guanidine groups is 1. The van der Waals surface area contributed by atoms with Gasteiger partial charge >= 0.3 is 0 Å². The van der Waals surface area contributed by atoms with Crippen molar-refractivity contribution in [2.24, 2.45) is 4.99 Å².